The summed E-state index contributed by atoms with van der Waals surface area (Å²) in [5.74, 6) is 0.936. The van der Waals surface area contributed by atoms with Gasteiger partial charge in [0, 0.05) is 24.8 Å². The smallest absolute Gasteiger partial charge is 0.224 e. The Kier molecular flexibility index (Phi) is 5.93. The van der Waals surface area contributed by atoms with E-state index in [1.165, 1.54) is 0 Å². The maximum Gasteiger partial charge on any atom is 0.224 e. The Morgan fingerprint density at radius 1 is 1.38 bits per heavy atom. The second-order valence-electron chi connectivity index (χ2n) is 6.97. The van der Waals surface area contributed by atoms with Crippen LogP contribution < -0.4 is 10.1 Å². The molecule has 1 radical (unpaired) electrons. The number of hydrogen-bond donors (Lipinski definition) is 1. The fourth-order valence-corrected chi connectivity index (χ4v) is 3.41. The van der Waals surface area contributed by atoms with Crippen LogP contribution in [0.4, 0.5) is 0 Å². The lowest BCUT2D eigenvalue weighted by atomic mass is 9.90. The molecule has 26 heavy (non-hydrogen) atoms. The minimum Gasteiger partial charge on any atom is -0.492 e. The fourth-order valence-electron chi connectivity index (χ4n) is 3.41. The van der Waals surface area contributed by atoms with Gasteiger partial charge in [-0.1, -0.05) is 0 Å². The van der Waals surface area contributed by atoms with E-state index in [4.69, 9.17) is 4.74 Å². The van der Waals surface area contributed by atoms with Gasteiger partial charge >= 0.3 is 0 Å². The van der Waals surface area contributed by atoms with Gasteiger partial charge in [0.25, 0.3) is 0 Å². The van der Waals surface area contributed by atoms with E-state index in [2.05, 4.69) is 35.4 Å². The van der Waals surface area contributed by atoms with Gasteiger partial charge in [-0.2, -0.15) is 5.10 Å². The summed E-state index contributed by atoms with van der Waals surface area (Å²) < 4.78 is 7.54. The standard InChI is InChI=1S/C20H27N4O2/c1-15-19(8-5-10-23(15)2)20(25)21-9-11-26-18-7-4-6-16(12-18)17-13-22-24(3)14-17/h6-7,12-15,19H,5,8-11H2,1-3H3,(H,21,25)/t15-,19-/m0/s1. The summed E-state index contributed by atoms with van der Waals surface area (Å²) >= 11 is 0. The predicted molar refractivity (Wildman–Crippen MR) is 101 cm³/mol. The molecule has 1 amide bonds. The highest BCUT2D eigenvalue weighted by Crippen LogP contribution is 2.23. The van der Waals surface area contributed by atoms with Crippen molar-refractivity contribution in [3.05, 3.63) is 36.7 Å². The van der Waals surface area contributed by atoms with Crippen molar-refractivity contribution in [1.29, 1.82) is 0 Å². The number of benzene rings is 1. The highest BCUT2D eigenvalue weighted by atomic mass is 16.5. The molecular formula is C20H27N4O2. The number of aromatic nitrogens is 2. The van der Waals surface area contributed by atoms with E-state index in [-0.39, 0.29) is 17.9 Å². The first-order valence-corrected chi connectivity index (χ1v) is 9.15. The van der Waals surface area contributed by atoms with Crippen molar-refractivity contribution in [3.63, 3.8) is 0 Å². The van der Waals surface area contributed by atoms with Crippen LogP contribution in [0.5, 0.6) is 5.75 Å². The number of likely N-dealkylation sites (tertiary alicyclic amines) is 1. The van der Waals surface area contributed by atoms with Gasteiger partial charge in [-0.05, 0) is 63.2 Å². The van der Waals surface area contributed by atoms with E-state index >= 15 is 0 Å². The van der Waals surface area contributed by atoms with Gasteiger partial charge in [-0.3, -0.25) is 9.48 Å². The highest BCUT2D eigenvalue weighted by Gasteiger charge is 2.30. The number of piperidine rings is 1. The molecule has 1 saturated heterocycles. The van der Waals surface area contributed by atoms with Crippen LogP contribution in [0.1, 0.15) is 19.8 Å². The number of nitrogens with one attached hydrogen (secondary N) is 1. The van der Waals surface area contributed by atoms with Crippen molar-refractivity contribution in [2.45, 2.75) is 25.8 Å². The second kappa shape index (κ2) is 8.36. The molecule has 0 aliphatic carbocycles. The van der Waals surface area contributed by atoms with Crippen LogP contribution in [-0.4, -0.2) is 53.4 Å². The number of aryl methyl sites for hydroxylation is 1. The summed E-state index contributed by atoms with van der Waals surface area (Å²) in [7, 11) is 3.97. The first-order valence-electron chi connectivity index (χ1n) is 9.15. The Morgan fingerprint density at radius 2 is 2.23 bits per heavy atom. The molecule has 1 aliphatic heterocycles. The highest BCUT2D eigenvalue weighted by molar-refractivity contribution is 5.79. The van der Waals surface area contributed by atoms with Gasteiger partial charge in [0.05, 0.1) is 18.7 Å². The van der Waals surface area contributed by atoms with E-state index in [1.54, 1.807) is 10.7 Å². The lowest BCUT2D eigenvalue weighted by Crippen LogP contribution is -2.48. The van der Waals surface area contributed by atoms with Crippen LogP contribution in [0.2, 0.25) is 0 Å². The lowest BCUT2D eigenvalue weighted by molar-refractivity contribution is -0.128. The van der Waals surface area contributed by atoms with E-state index in [1.807, 2.05) is 31.6 Å². The summed E-state index contributed by atoms with van der Waals surface area (Å²) in [5.41, 5.74) is 2.04. The third-order valence-corrected chi connectivity index (χ3v) is 5.11. The first-order chi connectivity index (χ1) is 12.5. The number of carbonyl (C=O) groups excluding carboxylic acids is 1. The molecule has 139 valence electrons. The number of carbonyl (C=O) groups is 1. The molecular weight excluding hydrogens is 328 g/mol. The van der Waals surface area contributed by atoms with Crippen LogP contribution in [0.15, 0.2) is 30.6 Å². The molecule has 1 N–H and O–H groups in total. The molecule has 0 spiro atoms. The minimum atomic E-state index is 0.0657. The second-order valence-corrected chi connectivity index (χ2v) is 6.97. The molecule has 6 heteroatoms. The average molecular weight is 355 g/mol. The van der Waals surface area contributed by atoms with Crippen LogP contribution in [0.3, 0.4) is 0 Å². The monoisotopic (exact) mass is 355 g/mol. The van der Waals surface area contributed by atoms with Crippen molar-refractivity contribution < 1.29 is 9.53 Å². The summed E-state index contributed by atoms with van der Waals surface area (Å²) in [4.78, 5) is 14.7. The van der Waals surface area contributed by atoms with Gasteiger partial charge in [0.2, 0.25) is 5.91 Å². The molecule has 1 fully saturated rings. The number of ether oxygens (including phenoxy) is 1. The van der Waals surface area contributed by atoms with Gasteiger partial charge in [0.15, 0.2) is 0 Å². The molecule has 6 nitrogen and oxygen atoms in total. The fraction of sp³-hybridized carbons (Fsp3) is 0.500. The number of hydrogen-bond acceptors (Lipinski definition) is 4. The third kappa shape index (κ3) is 4.43. The van der Waals surface area contributed by atoms with Crippen LogP contribution >= 0.6 is 0 Å². The largest absolute Gasteiger partial charge is 0.492 e. The van der Waals surface area contributed by atoms with Crippen molar-refractivity contribution >= 4 is 5.91 Å². The molecule has 0 bridgehead atoms. The summed E-state index contributed by atoms with van der Waals surface area (Å²) in [6.07, 6.45) is 5.80. The third-order valence-electron chi connectivity index (χ3n) is 5.11. The van der Waals surface area contributed by atoms with Crippen molar-refractivity contribution in [1.82, 2.24) is 20.0 Å². The Labute approximate surface area is 155 Å². The SMILES string of the molecule is C[C@H]1[C@@H](C(=O)NCCOc2c[c]cc(-c3cnn(C)c3)c2)CCCN1C. The Morgan fingerprint density at radius 3 is 3.00 bits per heavy atom. The molecule has 3 rings (SSSR count). The first kappa shape index (κ1) is 18.5. The molecule has 0 unspecified atom stereocenters. The van der Waals surface area contributed by atoms with E-state index in [0.29, 0.717) is 13.2 Å². The van der Waals surface area contributed by atoms with Gasteiger partial charge in [0.1, 0.15) is 12.4 Å². The molecule has 1 aromatic heterocycles. The Hall–Kier alpha value is -2.34. The van der Waals surface area contributed by atoms with E-state index < -0.39 is 0 Å². The quantitative estimate of drug-likeness (QED) is 0.807. The summed E-state index contributed by atoms with van der Waals surface area (Å²) in [6, 6.07) is 9.06. The number of amides is 1. The predicted octanol–water partition coefficient (Wildman–Crippen LogP) is 2.11. The average Bonchev–Trinajstić information content (AvgIpc) is 3.07. The zero-order valence-electron chi connectivity index (χ0n) is 15.7. The van der Waals surface area contributed by atoms with Crippen LogP contribution in [-0.2, 0) is 11.8 Å². The van der Waals surface area contributed by atoms with Gasteiger partial charge in [-0.25, -0.2) is 0 Å². The van der Waals surface area contributed by atoms with Crippen molar-refractivity contribution in [2.24, 2.45) is 13.0 Å². The van der Waals surface area contributed by atoms with Gasteiger partial charge in [-0.15, -0.1) is 0 Å². The number of rotatable bonds is 6. The van der Waals surface area contributed by atoms with E-state index in [0.717, 1.165) is 36.3 Å². The molecule has 0 saturated carbocycles. The zero-order valence-corrected chi connectivity index (χ0v) is 15.7. The van der Waals surface area contributed by atoms with Gasteiger partial charge < -0.3 is 15.0 Å². The topological polar surface area (TPSA) is 59.4 Å². The maximum absolute atomic E-state index is 12.4. The molecule has 2 aromatic rings. The normalized spacial score (nSPS) is 20.7. The molecule has 2 atom stereocenters. The van der Waals surface area contributed by atoms with E-state index in [9.17, 15) is 4.79 Å². The maximum atomic E-state index is 12.4. The Balaban J connectivity index is 1.47. The molecule has 2 heterocycles. The zero-order chi connectivity index (χ0) is 18.5. The summed E-state index contributed by atoms with van der Waals surface area (Å²) in [5, 5.41) is 7.19. The lowest BCUT2D eigenvalue weighted by Gasteiger charge is -2.35. The van der Waals surface area contributed by atoms with Crippen molar-refractivity contribution in [2.75, 3.05) is 26.7 Å². The van der Waals surface area contributed by atoms with Crippen LogP contribution in [0, 0.1) is 12.0 Å². The summed E-state index contributed by atoms with van der Waals surface area (Å²) in [6.45, 7) is 4.13. The van der Waals surface area contributed by atoms with Crippen molar-refractivity contribution in [3.8, 4) is 16.9 Å². The number of nitrogens with zero attached hydrogens (tertiary/aromatic N) is 3. The Bertz CT molecular complexity index is 743. The molecule has 1 aromatic carbocycles. The van der Waals surface area contributed by atoms with Crippen LogP contribution in [0.25, 0.3) is 11.1 Å². The minimum absolute atomic E-state index is 0.0657. The molecule has 1 aliphatic rings.